The van der Waals surface area contributed by atoms with Crippen LogP contribution >= 0.6 is 0 Å². The molecular formula is C13H18FN3O2. The first-order chi connectivity index (χ1) is 8.88. The first-order valence-electron chi connectivity index (χ1n) is 5.95. The molecule has 0 aromatic heterocycles. The van der Waals surface area contributed by atoms with E-state index in [4.69, 9.17) is 5.73 Å². The van der Waals surface area contributed by atoms with E-state index >= 15 is 0 Å². The van der Waals surface area contributed by atoms with Crippen LogP contribution in [0.5, 0.6) is 0 Å². The van der Waals surface area contributed by atoms with Gasteiger partial charge in [0, 0.05) is 7.05 Å². The molecule has 1 atom stereocenters. The van der Waals surface area contributed by atoms with Crippen molar-refractivity contribution in [1.29, 1.82) is 0 Å². The quantitative estimate of drug-likeness (QED) is 0.747. The Morgan fingerprint density at radius 3 is 2.42 bits per heavy atom. The third-order valence-electron chi connectivity index (χ3n) is 2.77. The van der Waals surface area contributed by atoms with Crippen LogP contribution in [0.4, 0.5) is 10.1 Å². The topological polar surface area (TPSA) is 84.2 Å². The molecule has 6 heteroatoms. The highest BCUT2D eigenvalue weighted by molar-refractivity contribution is 6.01. The fourth-order valence-corrected chi connectivity index (χ4v) is 1.75. The number of amides is 2. The van der Waals surface area contributed by atoms with Crippen LogP contribution in [0.15, 0.2) is 18.2 Å². The highest BCUT2D eigenvalue weighted by Gasteiger charge is 2.23. The molecule has 0 aliphatic rings. The Morgan fingerprint density at radius 1 is 1.32 bits per heavy atom. The van der Waals surface area contributed by atoms with Crippen LogP contribution in [0, 0.1) is 11.7 Å². The van der Waals surface area contributed by atoms with Gasteiger partial charge in [0.2, 0.25) is 5.91 Å². The summed E-state index contributed by atoms with van der Waals surface area (Å²) in [5, 5.41) is 5.14. The van der Waals surface area contributed by atoms with E-state index in [9.17, 15) is 14.0 Å². The maximum atomic E-state index is 13.5. The summed E-state index contributed by atoms with van der Waals surface area (Å²) < 4.78 is 13.5. The molecule has 1 rings (SSSR count). The lowest BCUT2D eigenvalue weighted by Crippen LogP contribution is -2.47. The predicted octanol–water partition coefficient (Wildman–Crippen LogP) is 1.11. The molecular weight excluding hydrogens is 249 g/mol. The van der Waals surface area contributed by atoms with Crippen LogP contribution < -0.4 is 16.4 Å². The maximum absolute atomic E-state index is 13.5. The molecule has 0 saturated heterocycles. The van der Waals surface area contributed by atoms with Crippen molar-refractivity contribution in [1.82, 2.24) is 5.32 Å². The zero-order valence-electron chi connectivity index (χ0n) is 11.2. The normalized spacial score (nSPS) is 12.1. The molecule has 0 bridgehead atoms. The molecule has 2 amide bonds. The first-order valence-corrected chi connectivity index (χ1v) is 5.95. The summed E-state index contributed by atoms with van der Waals surface area (Å²) in [5.74, 6) is -1.84. The molecule has 0 saturated carbocycles. The number of halogens is 1. The third-order valence-corrected chi connectivity index (χ3v) is 2.77. The number of nitrogens with one attached hydrogen (secondary N) is 2. The molecule has 0 fully saturated rings. The summed E-state index contributed by atoms with van der Waals surface area (Å²) in [6, 6.07) is 3.36. The molecule has 1 aromatic rings. The molecule has 4 N–H and O–H groups in total. The summed E-state index contributed by atoms with van der Waals surface area (Å²) in [5.41, 5.74) is 5.44. The van der Waals surface area contributed by atoms with E-state index in [1.807, 2.05) is 0 Å². The van der Waals surface area contributed by atoms with E-state index in [1.165, 1.54) is 25.2 Å². The minimum atomic E-state index is -0.791. The molecule has 0 spiro atoms. The van der Waals surface area contributed by atoms with Crippen LogP contribution in [0.25, 0.3) is 0 Å². The van der Waals surface area contributed by atoms with E-state index < -0.39 is 23.7 Å². The van der Waals surface area contributed by atoms with Gasteiger partial charge in [0.05, 0.1) is 11.3 Å². The number of benzene rings is 1. The number of anilines is 1. The Morgan fingerprint density at radius 2 is 1.95 bits per heavy atom. The van der Waals surface area contributed by atoms with Gasteiger partial charge in [0.15, 0.2) is 0 Å². The number of rotatable bonds is 5. The van der Waals surface area contributed by atoms with Crippen LogP contribution in [-0.4, -0.2) is 24.9 Å². The van der Waals surface area contributed by atoms with Gasteiger partial charge in [-0.15, -0.1) is 0 Å². The van der Waals surface area contributed by atoms with Gasteiger partial charge in [0.1, 0.15) is 11.9 Å². The highest BCUT2D eigenvalue weighted by Crippen LogP contribution is 2.19. The minimum Gasteiger partial charge on any atom is -0.385 e. The number of primary amides is 1. The second kappa shape index (κ2) is 6.17. The zero-order chi connectivity index (χ0) is 14.6. The van der Waals surface area contributed by atoms with Crippen LogP contribution in [-0.2, 0) is 4.79 Å². The van der Waals surface area contributed by atoms with E-state index in [-0.39, 0.29) is 17.2 Å². The molecule has 5 nitrogen and oxygen atoms in total. The molecule has 104 valence electrons. The van der Waals surface area contributed by atoms with E-state index in [0.717, 1.165) is 0 Å². The Labute approximate surface area is 111 Å². The second-order valence-electron chi connectivity index (χ2n) is 4.51. The van der Waals surface area contributed by atoms with Crippen molar-refractivity contribution >= 4 is 17.5 Å². The zero-order valence-corrected chi connectivity index (χ0v) is 11.2. The Bertz CT molecular complexity index is 489. The fraction of sp³-hybridized carbons (Fsp3) is 0.385. The maximum Gasteiger partial charge on any atom is 0.254 e. The molecule has 0 radical (unpaired) electrons. The molecule has 0 aliphatic carbocycles. The van der Waals surface area contributed by atoms with Gasteiger partial charge in [-0.3, -0.25) is 9.59 Å². The monoisotopic (exact) mass is 267 g/mol. The SMILES string of the molecule is CNc1c(F)cccc1C(=O)NC(C(N)=O)C(C)C. The van der Waals surface area contributed by atoms with Gasteiger partial charge in [-0.2, -0.15) is 0 Å². The lowest BCUT2D eigenvalue weighted by molar-refractivity contribution is -0.120. The van der Waals surface area contributed by atoms with E-state index in [2.05, 4.69) is 10.6 Å². The van der Waals surface area contributed by atoms with Gasteiger partial charge in [0.25, 0.3) is 5.91 Å². The molecule has 1 unspecified atom stereocenters. The Balaban J connectivity index is 3.01. The van der Waals surface area contributed by atoms with E-state index in [1.54, 1.807) is 13.8 Å². The van der Waals surface area contributed by atoms with Crippen molar-refractivity contribution < 1.29 is 14.0 Å². The average Bonchev–Trinajstić information content (AvgIpc) is 2.34. The lowest BCUT2D eigenvalue weighted by Gasteiger charge is -2.19. The fourth-order valence-electron chi connectivity index (χ4n) is 1.75. The van der Waals surface area contributed by atoms with E-state index in [0.29, 0.717) is 0 Å². The predicted molar refractivity (Wildman–Crippen MR) is 71.2 cm³/mol. The van der Waals surface area contributed by atoms with Crippen LogP contribution in [0.2, 0.25) is 0 Å². The van der Waals surface area contributed by atoms with Gasteiger partial charge in [-0.05, 0) is 18.1 Å². The van der Waals surface area contributed by atoms with Gasteiger partial charge in [-0.25, -0.2) is 4.39 Å². The van der Waals surface area contributed by atoms with Crippen LogP contribution in [0.1, 0.15) is 24.2 Å². The third kappa shape index (κ3) is 3.43. The Hall–Kier alpha value is -2.11. The number of carbonyl (C=O) groups excluding carboxylic acids is 2. The summed E-state index contributed by atoms with van der Waals surface area (Å²) in [7, 11) is 1.52. The number of para-hydroxylation sites is 1. The van der Waals surface area contributed by atoms with Crippen molar-refractivity contribution in [3.63, 3.8) is 0 Å². The van der Waals surface area contributed by atoms with Gasteiger partial charge in [-0.1, -0.05) is 19.9 Å². The number of nitrogens with two attached hydrogens (primary N) is 1. The van der Waals surface area contributed by atoms with Gasteiger partial charge >= 0.3 is 0 Å². The highest BCUT2D eigenvalue weighted by atomic mass is 19.1. The van der Waals surface area contributed by atoms with Crippen molar-refractivity contribution in [3.05, 3.63) is 29.6 Å². The summed E-state index contributed by atoms with van der Waals surface area (Å²) >= 11 is 0. The molecule has 1 aromatic carbocycles. The smallest absolute Gasteiger partial charge is 0.254 e. The number of hydrogen-bond donors (Lipinski definition) is 3. The van der Waals surface area contributed by atoms with Gasteiger partial charge < -0.3 is 16.4 Å². The number of carbonyl (C=O) groups is 2. The summed E-state index contributed by atoms with van der Waals surface area (Å²) in [6.07, 6.45) is 0. The average molecular weight is 267 g/mol. The second-order valence-corrected chi connectivity index (χ2v) is 4.51. The molecule has 0 aliphatic heterocycles. The van der Waals surface area contributed by atoms with Crippen LogP contribution in [0.3, 0.4) is 0 Å². The lowest BCUT2D eigenvalue weighted by atomic mass is 10.0. The van der Waals surface area contributed by atoms with Crippen molar-refractivity contribution in [2.24, 2.45) is 11.7 Å². The Kier molecular flexibility index (Phi) is 4.86. The first kappa shape index (κ1) is 14.9. The summed E-state index contributed by atoms with van der Waals surface area (Å²) in [6.45, 7) is 3.53. The largest absolute Gasteiger partial charge is 0.385 e. The number of hydrogen-bond acceptors (Lipinski definition) is 3. The van der Waals surface area contributed by atoms with Crippen molar-refractivity contribution in [2.45, 2.75) is 19.9 Å². The minimum absolute atomic E-state index is 0.0898. The molecule has 0 heterocycles. The standard InChI is InChI=1S/C13H18FN3O2/c1-7(2)10(12(15)18)17-13(19)8-5-4-6-9(14)11(8)16-3/h4-7,10,16H,1-3H3,(H2,15,18)(H,17,19). The molecule has 19 heavy (non-hydrogen) atoms. The van der Waals surface area contributed by atoms with Crippen molar-refractivity contribution in [3.8, 4) is 0 Å². The van der Waals surface area contributed by atoms with Crippen molar-refractivity contribution in [2.75, 3.05) is 12.4 Å². The summed E-state index contributed by atoms with van der Waals surface area (Å²) in [4.78, 5) is 23.3.